The van der Waals surface area contributed by atoms with Crippen LogP contribution in [-0.4, -0.2) is 22.7 Å². The Morgan fingerprint density at radius 2 is 2.17 bits per heavy atom. The number of esters is 1. The minimum Gasteiger partial charge on any atom is -0.462 e. The number of aromatic nitrogens is 1. The number of para-hydroxylation sites is 1. The molecule has 0 saturated heterocycles. The summed E-state index contributed by atoms with van der Waals surface area (Å²) in [5.74, 6) is -0.558. The third-order valence-corrected chi connectivity index (χ3v) is 4.30. The first-order valence-electron chi connectivity index (χ1n) is 7.97. The van der Waals surface area contributed by atoms with E-state index in [1.807, 2.05) is 16.7 Å². The van der Waals surface area contributed by atoms with Gasteiger partial charge in [-0.15, -0.1) is 0 Å². The van der Waals surface area contributed by atoms with E-state index in [0.29, 0.717) is 5.39 Å². The summed E-state index contributed by atoms with van der Waals surface area (Å²) < 4.78 is 7.07. The molecule has 1 aromatic heterocycles. The molecular weight excluding hydrogens is 292 g/mol. The molecule has 5 nitrogen and oxygen atoms in total. The molecule has 122 valence electrons. The van der Waals surface area contributed by atoms with E-state index in [0.717, 1.165) is 17.6 Å². The maximum absolute atomic E-state index is 12.7. The van der Waals surface area contributed by atoms with Gasteiger partial charge in [-0.1, -0.05) is 6.07 Å². The topological polar surface area (TPSA) is 60.3 Å². The van der Waals surface area contributed by atoms with Crippen LogP contribution in [0.25, 0.3) is 10.9 Å². The van der Waals surface area contributed by atoms with Crippen molar-refractivity contribution in [3.05, 3.63) is 40.2 Å². The molecule has 3 rings (SSSR count). The third-order valence-electron chi connectivity index (χ3n) is 4.30. The number of nitrogens with zero attached hydrogens (tertiary/aromatic N) is 1. The minimum absolute atomic E-state index is 0.100. The van der Waals surface area contributed by atoms with Gasteiger partial charge in [-0.2, -0.15) is 0 Å². The van der Waals surface area contributed by atoms with Gasteiger partial charge >= 0.3 is 5.97 Å². The van der Waals surface area contributed by atoms with E-state index in [1.165, 1.54) is 0 Å². The molecule has 2 heterocycles. The van der Waals surface area contributed by atoms with Gasteiger partial charge in [-0.3, -0.25) is 4.79 Å². The van der Waals surface area contributed by atoms with Gasteiger partial charge in [-0.05, 0) is 46.2 Å². The lowest BCUT2D eigenvalue weighted by molar-refractivity contribution is 0.0524. The van der Waals surface area contributed by atoms with Gasteiger partial charge in [0.15, 0.2) is 0 Å². The SMILES string of the molecule is CCOC(=O)c1cn2c3c(cccc3c1=O)NC(C)(C)CC2C. The summed E-state index contributed by atoms with van der Waals surface area (Å²) in [6.07, 6.45) is 2.53. The lowest BCUT2D eigenvalue weighted by Crippen LogP contribution is -2.31. The number of ether oxygens (including phenoxy) is 1. The number of pyridine rings is 1. The van der Waals surface area contributed by atoms with Gasteiger partial charge in [0.2, 0.25) is 5.43 Å². The number of carbonyl (C=O) groups is 1. The maximum Gasteiger partial charge on any atom is 0.343 e. The zero-order valence-electron chi connectivity index (χ0n) is 14.0. The van der Waals surface area contributed by atoms with Gasteiger partial charge in [-0.25, -0.2) is 4.79 Å². The normalized spacial score (nSPS) is 19.0. The zero-order chi connectivity index (χ0) is 16.8. The fourth-order valence-electron chi connectivity index (χ4n) is 3.47. The van der Waals surface area contributed by atoms with Gasteiger partial charge in [0.1, 0.15) is 5.56 Å². The highest BCUT2D eigenvalue weighted by atomic mass is 16.5. The Kier molecular flexibility index (Phi) is 3.66. The number of rotatable bonds is 2. The van der Waals surface area contributed by atoms with Crippen molar-refractivity contribution in [2.45, 2.75) is 45.7 Å². The average Bonchev–Trinajstić information content (AvgIpc) is 2.56. The molecule has 1 unspecified atom stereocenters. The molecule has 0 spiro atoms. The number of anilines is 1. The smallest absolute Gasteiger partial charge is 0.343 e. The predicted molar refractivity (Wildman–Crippen MR) is 91.2 cm³/mol. The number of hydrogen-bond acceptors (Lipinski definition) is 4. The highest BCUT2D eigenvalue weighted by Gasteiger charge is 2.29. The predicted octanol–water partition coefficient (Wildman–Crippen LogP) is 3.33. The van der Waals surface area contributed by atoms with Crippen LogP contribution in [0, 0.1) is 0 Å². The molecule has 1 aliphatic rings. The lowest BCUT2D eigenvalue weighted by Gasteiger charge is -2.27. The first-order valence-corrected chi connectivity index (χ1v) is 7.97. The van der Waals surface area contributed by atoms with Crippen LogP contribution in [0.5, 0.6) is 0 Å². The van der Waals surface area contributed by atoms with E-state index in [1.54, 1.807) is 19.2 Å². The van der Waals surface area contributed by atoms with Crippen LogP contribution < -0.4 is 10.7 Å². The van der Waals surface area contributed by atoms with E-state index >= 15 is 0 Å². The molecule has 5 heteroatoms. The van der Waals surface area contributed by atoms with Gasteiger partial charge in [0.25, 0.3) is 0 Å². The van der Waals surface area contributed by atoms with E-state index in [-0.39, 0.29) is 29.2 Å². The van der Waals surface area contributed by atoms with Crippen LogP contribution in [-0.2, 0) is 4.74 Å². The third kappa shape index (κ3) is 2.60. The van der Waals surface area contributed by atoms with E-state index in [4.69, 9.17) is 4.74 Å². The van der Waals surface area contributed by atoms with Crippen LogP contribution >= 0.6 is 0 Å². The maximum atomic E-state index is 12.7. The molecule has 0 aliphatic carbocycles. The van der Waals surface area contributed by atoms with Gasteiger partial charge < -0.3 is 14.6 Å². The summed E-state index contributed by atoms with van der Waals surface area (Å²) in [4.78, 5) is 24.9. The number of nitrogens with one attached hydrogen (secondary N) is 1. The number of carbonyl (C=O) groups excluding carboxylic acids is 1. The average molecular weight is 314 g/mol. The fourth-order valence-corrected chi connectivity index (χ4v) is 3.47. The summed E-state index contributed by atoms with van der Waals surface area (Å²) in [7, 11) is 0. The Hall–Kier alpha value is -2.30. The monoisotopic (exact) mass is 314 g/mol. The Labute approximate surface area is 135 Å². The van der Waals surface area contributed by atoms with Crippen molar-refractivity contribution >= 4 is 22.6 Å². The Bertz CT molecular complexity index is 836. The summed E-state index contributed by atoms with van der Waals surface area (Å²) in [5.41, 5.74) is 1.49. The lowest BCUT2D eigenvalue weighted by atomic mass is 9.96. The molecule has 23 heavy (non-hydrogen) atoms. The summed E-state index contributed by atoms with van der Waals surface area (Å²) in [6.45, 7) is 8.36. The molecule has 1 aromatic carbocycles. The molecule has 0 radical (unpaired) electrons. The molecule has 1 N–H and O–H groups in total. The van der Waals surface area contributed by atoms with E-state index in [2.05, 4.69) is 26.1 Å². The summed E-state index contributed by atoms with van der Waals surface area (Å²) in [5, 5.41) is 4.06. The first-order chi connectivity index (χ1) is 10.8. The van der Waals surface area contributed by atoms with Crippen LogP contribution in [0.3, 0.4) is 0 Å². The van der Waals surface area contributed by atoms with E-state index < -0.39 is 5.97 Å². The van der Waals surface area contributed by atoms with Crippen molar-refractivity contribution in [1.82, 2.24) is 4.57 Å². The van der Waals surface area contributed by atoms with Gasteiger partial charge in [0.05, 0.1) is 17.8 Å². The largest absolute Gasteiger partial charge is 0.462 e. The standard InChI is InChI=1S/C18H22N2O3/c1-5-23-17(22)13-10-20-11(2)9-18(3,4)19-14-8-6-7-12(15(14)20)16(13)21/h6-8,10-11,19H,5,9H2,1-4H3. The molecule has 1 aliphatic heterocycles. The fraction of sp³-hybridized carbons (Fsp3) is 0.444. The second kappa shape index (κ2) is 5.41. The van der Waals surface area contributed by atoms with Crippen LogP contribution in [0.4, 0.5) is 5.69 Å². The van der Waals surface area contributed by atoms with Crippen molar-refractivity contribution in [3.63, 3.8) is 0 Å². The van der Waals surface area contributed by atoms with Crippen molar-refractivity contribution in [1.29, 1.82) is 0 Å². The molecule has 0 fully saturated rings. The minimum atomic E-state index is -0.558. The highest BCUT2D eigenvalue weighted by Crippen LogP contribution is 2.35. The second-order valence-corrected chi connectivity index (χ2v) is 6.76. The molecule has 0 saturated carbocycles. The van der Waals surface area contributed by atoms with Crippen LogP contribution in [0.1, 0.15) is 50.5 Å². The molecular formula is C18H22N2O3. The van der Waals surface area contributed by atoms with E-state index in [9.17, 15) is 9.59 Å². The van der Waals surface area contributed by atoms with Crippen molar-refractivity contribution < 1.29 is 9.53 Å². The number of hydrogen-bond donors (Lipinski definition) is 1. The summed E-state index contributed by atoms with van der Waals surface area (Å²) >= 11 is 0. The van der Waals surface area contributed by atoms with Crippen molar-refractivity contribution in [2.75, 3.05) is 11.9 Å². The van der Waals surface area contributed by atoms with Crippen molar-refractivity contribution in [3.8, 4) is 0 Å². The van der Waals surface area contributed by atoms with Crippen molar-refractivity contribution in [2.24, 2.45) is 0 Å². The zero-order valence-corrected chi connectivity index (χ0v) is 14.0. The molecule has 2 aromatic rings. The quantitative estimate of drug-likeness (QED) is 0.864. The Morgan fingerprint density at radius 3 is 2.87 bits per heavy atom. The highest BCUT2D eigenvalue weighted by molar-refractivity contribution is 5.97. The number of benzene rings is 1. The first kappa shape index (κ1) is 15.6. The second-order valence-electron chi connectivity index (χ2n) is 6.76. The molecule has 1 atom stereocenters. The summed E-state index contributed by atoms with van der Waals surface area (Å²) in [6, 6.07) is 5.74. The molecule has 0 amide bonds. The van der Waals surface area contributed by atoms with Crippen LogP contribution in [0.2, 0.25) is 0 Å². The van der Waals surface area contributed by atoms with Crippen LogP contribution in [0.15, 0.2) is 29.2 Å². The van der Waals surface area contributed by atoms with Gasteiger partial charge in [0, 0.05) is 23.2 Å². The Balaban J connectivity index is 2.34. The Morgan fingerprint density at radius 1 is 1.43 bits per heavy atom. The molecule has 0 bridgehead atoms.